The zero-order valence-electron chi connectivity index (χ0n) is 13.4. The average molecular weight is 352 g/mol. The quantitative estimate of drug-likeness (QED) is 0.756. The molecule has 0 saturated heterocycles. The Bertz CT molecular complexity index is 698. The zero-order chi connectivity index (χ0) is 16.2. The number of carbonyl (C=O) groups is 1. The Hall–Kier alpha value is -1.33. The lowest BCUT2D eigenvalue weighted by Crippen LogP contribution is -2.36. The van der Waals surface area contributed by atoms with Crippen molar-refractivity contribution in [2.45, 2.75) is 51.0 Å². The van der Waals surface area contributed by atoms with E-state index < -0.39 is 0 Å². The Balaban J connectivity index is 1.69. The number of hydrogen-bond acceptors (Lipinski definition) is 3. The van der Waals surface area contributed by atoms with Crippen LogP contribution in [-0.2, 0) is 4.79 Å². The number of amides is 1. The van der Waals surface area contributed by atoms with Crippen molar-refractivity contribution in [1.29, 1.82) is 0 Å². The first kappa shape index (κ1) is 16.5. The van der Waals surface area contributed by atoms with Gasteiger partial charge in [-0.2, -0.15) is 0 Å². The molecule has 0 aliphatic heterocycles. The molecule has 0 radical (unpaired) electrons. The smallest absolute Gasteiger partial charge is 0.246 e. The summed E-state index contributed by atoms with van der Waals surface area (Å²) >= 11 is 7.69. The van der Waals surface area contributed by atoms with E-state index in [-0.39, 0.29) is 5.91 Å². The molecule has 2 aromatic heterocycles. The highest BCUT2D eigenvalue weighted by Crippen LogP contribution is 2.23. The second-order valence-electron chi connectivity index (χ2n) is 6.12. The largest absolute Gasteiger partial charge is 0.339 e. The highest BCUT2D eigenvalue weighted by Gasteiger charge is 2.19. The van der Waals surface area contributed by atoms with Crippen molar-refractivity contribution in [3.05, 3.63) is 28.5 Å². The summed E-state index contributed by atoms with van der Waals surface area (Å²) in [5.74, 6) is 0.0387. The molecule has 3 rings (SSSR count). The van der Waals surface area contributed by atoms with E-state index in [1.165, 1.54) is 43.4 Å². The van der Waals surface area contributed by atoms with Gasteiger partial charge in [-0.05, 0) is 18.9 Å². The third kappa shape index (κ3) is 3.78. The van der Waals surface area contributed by atoms with Crippen molar-refractivity contribution in [2.75, 3.05) is 7.05 Å². The summed E-state index contributed by atoms with van der Waals surface area (Å²) in [6.45, 7) is 0. The highest BCUT2D eigenvalue weighted by molar-refractivity contribution is 7.15. The number of fused-ring (bicyclic) bond motifs is 1. The van der Waals surface area contributed by atoms with E-state index in [9.17, 15) is 4.79 Å². The van der Waals surface area contributed by atoms with Crippen LogP contribution < -0.4 is 0 Å². The van der Waals surface area contributed by atoms with Crippen molar-refractivity contribution in [1.82, 2.24) is 14.3 Å². The van der Waals surface area contributed by atoms with Crippen molar-refractivity contribution >= 4 is 39.9 Å². The summed E-state index contributed by atoms with van der Waals surface area (Å²) in [6, 6.07) is 0.356. The maximum atomic E-state index is 12.5. The fourth-order valence-electron chi connectivity index (χ4n) is 3.20. The summed E-state index contributed by atoms with van der Waals surface area (Å²) in [5.41, 5.74) is 0.766. The molecule has 1 aliphatic rings. The van der Waals surface area contributed by atoms with Gasteiger partial charge in [0, 0.05) is 30.7 Å². The van der Waals surface area contributed by atoms with E-state index in [1.54, 1.807) is 12.2 Å². The summed E-state index contributed by atoms with van der Waals surface area (Å²) in [5, 5.41) is 2.40. The molecule has 1 aliphatic carbocycles. The summed E-state index contributed by atoms with van der Waals surface area (Å²) in [4.78, 5) is 19.5. The monoisotopic (exact) mass is 351 g/mol. The Morgan fingerprint density at radius 2 is 2.04 bits per heavy atom. The van der Waals surface area contributed by atoms with Crippen LogP contribution in [0.3, 0.4) is 0 Å². The van der Waals surface area contributed by atoms with Crippen LogP contribution in [0.15, 0.2) is 17.7 Å². The normalized spacial score (nSPS) is 17.5. The van der Waals surface area contributed by atoms with Crippen molar-refractivity contribution in [3.63, 3.8) is 0 Å². The lowest BCUT2D eigenvalue weighted by atomic mass is 9.96. The standard InChI is InChI=1S/C17H22ClN3OS/c1-20(13-7-5-3-2-4-6-8-13)15(22)10-9-14-16(18)19-17-21(14)11-12-23-17/h9-13H,2-8H2,1H3/b10-9+. The predicted molar refractivity (Wildman–Crippen MR) is 96.0 cm³/mol. The maximum Gasteiger partial charge on any atom is 0.246 e. The van der Waals surface area contributed by atoms with Gasteiger partial charge in [0.1, 0.15) is 0 Å². The number of rotatable bonds is 3. The van der Waals surface area contributed by atoms with Crippen molar-refractivity contribution < 1.29 is 4.79 Å². The Morgan fingerprint density at radius 1 is 1.35 bits per heavy atom. The lowest BCUT2D eigenvalue weighted by Gasteiger charge is -2.29. The SMILES string of the molecule is CN(C(=O)/C=C/c1c(Cl)nc2sccn12)C1CCCCCCC1. The zero-order valence-corrected chi connectivity index (χ0v) is 14.9. The summed E-state index contributed by atoms with van der Waals surface area (Å²) in [7, 11) is 1.91. The van der Waals surface area contributed by atoms with Crippen LogP contribution in [0.5, 0.6) is 0 Å². The molecular formula is C17H22ClN3OS. The minimum atomic E-state index is 0.0387. The number of halogens is 1. The molecule has 4 nitrogen and oxygen atoms in total. The first-order valence-corrected chi connectivity index (χ1v) is 9.48. The first-order valence-electron chi connectivity index (χ1n) is 8.23. The number of aromatic nitrogens is 2. The number of carbonyl (C=O) groups excluding carboxylic acids is 1. The molecule has 23 heavy (non-hydrogen) atoms. The fourth-order valence-corrected chi connectivity index (χ4v) is 4.20. The molecule has 0 atom stereocenters. The second-order valence-corrected chi connectivity index (χ2v) is 7.36. The third-order valence-electron chi connectivity index (χ3n) is 4.61. The number of hydrogen-bond donors (Lipinski definition) is 0. The van der Waals surface area contributed by atoms with Gasteiger partial charge in [0.15, 0.2) is 10.1 Å². The number of thiazole rings is 1. The van der Waals surface area contributed by atoms with Gasteiger partial charge in [-0.25, -0.2) is 4.98 Å². The molecule has 1 saturated carbocycles. The van der Waals surface area contributed by atoms with Gasteiger partial charge in [0.05, 0.1) is 5.69 Å². The van der Waals surface area contributed by atoms with Gasteiger partial charge in [-0.1, -0.05) is 43.7 Å². The number of nitrogens with zero attached hydrogens (tertiary/aromatic N) is 3. The van der Waals surface area contributed by atoms with Crippen LogP contribution in [-0.4, -0.2) is 33.3 Å². The first-order chi connectivity index (χ1) is 11.2. The Morgan fingerprint density at radius 3 is 2.78 bits per heavy atom. The molecule has 124 valence electrons. The van der Waals surface area contributed by atoms with Crippen LogP contribution in [0.4, 0.5) is 0 Å². The van der Waals surface area contributed by atoms with E-state index in [2.05, 4.69) is 4.98 Å². The van der Waals surface area contributed by atoms with Crippen LogP contribution in [0.25, 0.3) is 11.0 Å². The third-order valence-corrected chi connectivity index (χ3v) is 5.64. The average Bonchev–Trinajstić information content (AvgIpc) is 3.05. The van der Waals surface area contributed by atoms with Gasteiger partial charge in [-0.15, -0.1) is 11.3 Å². The molecule has 0 aromatic carbocycles. The van der Waals surface area contributed by atoms with Gasteiger partial charge in [0.2, 0.25) is 5.91 Å². The van der Waals surface area contributed by atoms with Crippen molar-refractivity contribution in [3.8, 4) is 0 Å². The molecule has 2 aromatic rings. The minimum absolute atomic E-state index is 0.0387. The second kappa shape index (κ2) is 7.49. The van der Waals surface area contributed by atoms with Gasteiger partial charge in [-0.3, -0.25) is 9.20 Å². The fraction of sp³-hybridized carbons (Fsp3) is 0.529. The van der Waals surface area contributed by atoms with Crippen LogP contribution >= 0.6 is 22.9 Å². The maximum absolute atomic E-state index is 12.5. The summed E-state index contributed by atoms with van der Waals surface area (Å²) < 4.78 is 1.91. The van der Waals surface area contributed by atoms with Crippen LogP contribution in [0, 0.1) is 0 Å². The van der Waals surface area contributed by atoms with Gasteiger partial charge < -0.3 is 4.90 Å². The van der Waals surface area contributed by atoms with Crippen LogP contribution in [0.1, 0.15) is 50.6 Å². The molecule has 6 heteroatoms. The van der Waals surface area contributed by atoms with Crippen LogP contribution in [0.2, 0.25) is 5.15 Å². The van der Waals surface area contributed by atoms with E-state index in [0.717, 1.165) is 23.5 Å². The van der Waals surface area contributed by atoms with E-state index in [0.29, 0.717) is 11.2 Å². The molecule has 0 spiro atoms. The number of imidazole rings is 1. The molecule has 2 heterocycles. The van der Waals surface area contributed by atoms with Gasteiger partial charge >= 0.3 is 0 Å². The molecule has 0 unspecified atom stereocenters. The van der Waals surface area contributed by atoms with E-state index in [1.807, 2.05) is 27.9 Å². The molecule has 1 fully saturated rings. The lowest BCUT2D eigenvalue weighted by molar-refractivity contribution is -0.127. The minimum Gasteiger partial charge on any atom is -0.339 e. The Kier molecular flexibility index (Phi) is 5.38. The number of likely N-dealkylation sites (N-methyl/N-ethyl adjacent to an activating group) is 1. The summed E-state index contributed by atoms with van der Waals surface area (Å²) in [6.07, 6.45) is 13.9. The highest BCUT2D eigenvalue weighted by atomic mass is 35.5. The van der Waals surface area contributed by atoms with Crippen molar-refractivity contribution in [2.24, 2.45) is 0 Å². The molecule has 0 N–H and O–H groups in total. The van der Waals surface area contributed by atoms with E-state index >= 15 is 0 Å². The van der Waals surface area contributed by atoms with Gasteiger partial charge in [0.25, 0.3) is 0 Å². The molecule has 0 bridgehead atoms. The molecular weight excluding hydrogens is 330 g/mol. The topological polar surface area (TPSA) is 37.6 Å². The Labute approximate surface area is 145 Å². The van der Waals surface area contributed by atoms with E-state index in [4.69, 9.17) is 11.6 Å². The predicted octanol–water partition coefficient (Wildman–Crippen LogP) is 4.63. The molecule has 1 amide bonds.